The number of likely N-dealkylation sites (tertiary alicyclic amines) is 1. The molecule has 2 aliphatic rings. The number of halogens is 5. The van der Waals surface area contributed by atoms with E-state index in [4.69, 9.17) is 27.4 Å². The number of piperidine rings is 1. The van der Waals surface area contributed by atoms with Crippen molar-refractivity contribution in [1.82, 2.24) is 9.80 Å². The third kappa shape index (κ3) is 9.29. The molecule has 2 aliphatic heterocycles. The van der Waals surface area contributed by atoms with Crippen molar-refractivity contribution in [1.29, 1.82) is 0 Å². The Hall–Kier alpha value is -4.23. The van der Waals surface area contributed by atoms with Crippen LogP contribution in [0.5, 0.6) is 0 Å². The van der Waals surface area contributed by atoms with Crippen LogP contribution in [0.25, 0.3) is 11.1 Å². The number of hydrogen-bond acceptors (Lipinski definition) is 6. The molecule has 0 radical (unpaired) electrons. The van der Waals surface area contributed by atoms with Gasteiger partial charge in [-0.2, -0.15) is 13.2 Å². The standard InChI is InChI=1S/C41H42F5N3O3S/c1-27-6-15-36-34(22-27)37(50)23-39(53-26-31-4-3-5-35(42)40(31)43)49(36)25-38(51)48(33-16-18-47(19-17-33)20-21-52-2)24-28-7-9-29(10-8-28)30-11-13-32(14-12-30)41(44,45)46/h3-15,22-23,33,37,50H,16-21,24-26H2,1-2H3/i2D3,3D,4D,5D,6D,7D,8D,9D,10D,11D,12D,13D,14D,15D,21D2,22D,23D,24D2. The number of aliphatic hydroxyl groups is 1. The van der Waals surface area contributed by atoms with Gasteiger partial charge in [-0.05, 0) is 66.7 Å². The van der Waals surface area contributed by atoms with E-state index in [1.54, 1.807) is 0 Å². The van der Waals surface area contributed by atoms with Gasteiger partial charge in [0.1, 0.15) is 12.6 Å². The van der Waals surface area contributed by atoms with E-state index < -0.39 is 210 Å². The topological polar surface area (TPSA) is 56.3 Å². The predicted molar refractivity (Wildman–Crippen MR) is 198 cm³/mol. The van der Waals surface area contributed by atoms with Gasteiger partial charge in [0.15, 0.2) is 11.6 Å². The average molecular weight is 774 g/mol. The molecule has 6 nitrogen and oxygen atoms in total. The molecule has 1 saturated heterocycles. The Bertz CT molecular complexity index is 2960. The van der Waals surface area contributed by atoms with Crippen LogP contribution in [-0.2, 0) is 28.0 Å². The number of methoxy groups -OCH3 is 1. The zero-order valence-corrected chi connectivity index (χ0v) is 28.3. The third-order valence-corrected chi connectivity index (χ3v) is 9.10. The van der Waals surface area contributed by atoms with Gasteiger partial charge in [0, 0.05) is 61.8 Å². The fraction of sp³-hybridized carbons (Fsp3) is 0.341. The summed E-state index contributed by atoms with van der Waals surface area (Å²) in [6.45, 7) is -7.64. The molecule has 0 aromatic heterocycles. The van der Waals surface area contributed by atoms with Crippen LogP contribution in [0.3, 0.4) is 0 Å². The maximum Gasteiger partial charge on any atom is 0.416 e. The number of thioether (sulfide) groups is 1. The Morgan fingerprint density at radius 1 is 1.04 bits per heavy atom. The Kier molecular flexibility index (Phi) is 6.16. The number of nitrogens with zero attached hydrogens (tertiary/aromatic N) is 3. The third-order valence-electron chi connectivity index (χ3n) is 8.05. The van der Waals surface area contributed by atoms with Crippen LogP contribution in [0.4, 0.5) is 27.6 Å². The van der Waals surface area contributed by atoms with Gasteiger partial charge in [0.25, 0.3) is 0 Å². The number of amides is 1. The summed E-state index contributed by atoms with van der Waals surface area (Å²) in [5.74, 6) is -5.87. The van der Waals surface area contributed by atoms with E-state index in [0.29, 0.717) is 16.7 Å². The molecular weight excluding hydrogens is 710 g/mol. The Morgan fingerprint density at radius 2 is 1.74 bits per heavy atom. The Balaban J connectivity index is 1.55. The summed E-state index contributed by atoms with van der Waals surface area (Å²) < 4.78 is 262. The first-order valence-corrected chi connectivity index (χ1v) is 16.7. The van der Waals surface area contributed by atoms with E-state index in [1.165, 1.54) is 11.8 Å². The zero-order valence-electron chi connectivity index (χ0n) is 49.5. The number of ether oxygens (including phenoxy) is 1. The summed E-state index contributed by atoms with van der Waals surface area (Å²) in [7, 11) is -3.19. The molecular formula is C41H42F5N3O3S. The van der Waals surface area contributed by atoms with E-state index in [1.807, 2.05) is 0 Å². The molecule has 1 amide bonds. The van der Waals surface area contributed by atoms with Crippen LogP contribution in [0.15, 0.2) is 95.7 Å². The smallest absolute Gasteiger partial charge is 0.384 e. The molecule has 280 valence electrons. The molecule has 1 N–H and O–H groups in total. The highest BCUT2D eigenvalue weighted by Crippen LogP contribution is 2.41. The monoisotopic (exact) mass is 773 g/mol. The maximum atomic E-state index is 15.4. The van der Waals surface area contributed by atoms with Crippen molar-refractivity contribution >= 4 is 23.4 Å². The molecule has 2 heterocycles. The average Bonchev–Trinajstić information content (AvgIpc) is 3.29. The number of fused-ring (bicyclic) bond motifs is 1. The summed E-state index contributed by atoms with van der Waals surface area (Å²) >= 11 is 0.321. The second-order valence-electron chi connectivity index (χ2n) is 11.6. The Labute approximate surface area is 341 Å². The van der Waals surface area contributed by atoms with Crippen LogP contribution >= 0.6 is 11.8 Å². The van der Waals surface area contributed by atoms with Crippen molar-refractivity contribution in [3.8, 4) is 11.1 Å². The zero-order chi connectivity index (χ0) is 56.8. The number of benzene rings is 4. The van der Waals surface area contributed by atoms with Crippen molar-refractivity contribution in [2.75, 3.05) is 44.7 Å². The lowest BCUT2D eigenvalue weighted by molar-refractivity contribution is -0.137. The number of anilines is 1. The largest absolute Gasteiger partial charge is 0.416 e. The van der Waals surface area contributed by atoms with E-state index >= 15 is 9.18 Å². The fourth-order valence-electron chi connectivity index (χ4n) is 5.43. The number of carbonyl (C=O) groups excluding carboxylic acids is 1. The fourth-order valence-corrected chi connectivity index (χ4v) is 6.41. The number of carbonyl (C=O) groups is 1. The summed E-state index contributed by atoms with van der Waals surface area (Å²) in [5.41, 5.74) is -7.62. The summed E-state index contributed by atoms with van der Waals surface area (Å²) in [4.78, 5) is 17.9. The molecule has 0 aliphatic carbocycles. The molecule has 1 unspecified atom stereocenters. The van der Waals surface area contributed by atoms with Gasteiger partial charge < -0.3 is 24.5 Å². The minimum absolute atomic E-state index is 0.183. The van der Waals surface area contributed by atoms with Crippen LogP contribution in [0.1, 0.15) is 76.9 Å². The van der Waals surface area contributed by atoms with Crippen molar-refractivity contribution in [3.63, 3.8) is 0 Å². The summed E-state index contributed by atoms with van der Waals surface area (Å²) in [6, 6.07) is -19.1. The van der Waals surface area contributed by atoms with Gasteiger partial charge in [0.05, 0.1) is 47.3 Å². The summed E-state index contributed by atoms with van der Waals surface area (Å²) in [5, 5.41) is 10.9. The minimum atomic E-state index is -5.43. The van der Waals surface area contributed by atoms with E-state index in [-0.39, 0.29) is 31.5 Å². The van der Waals surface area contributed by atoms with Gasteiger partial charge in [-0.1, -0.05) is 66.0 Å². The lowest BCUT2D eigenvalue weighted by Gasteiger charge is -2.40. The molecule has 0 saturated carbocycles. The highest BCUT2D eigenvalue weighted by molar-refractivity contribution is 8.02. The van der Waals surface area contributed by atoms with Crippen LogP contribution < -0.4 is 4.90 Å². The van der Waals surface area contributed by atoms with Crippen molar-refractivity contribution in [3.05, 3.63) is 135 Å². The number of aliphatic hydroxyl groups excluding tert-OH is 1. The van der Waals surface area contributed by atoms with Crippen LogP contribution in [0.2, 0.25) is 0 Å². The van der Waals surface area contributed by atoms with Gasteiger partial charge in [0.2, 0.25) is 5.91 Å². The molecule has 1 atom stereocenters. The predicted octanol–water partition coefficient (Wildman–Crippen LogP) is 8.73. The second kappa shape index (κ2) is 16.8. The van der Waals surface area contributed by atoms with Gasteiger partial charge in [-0.15, -0.1) is 11.8 Å². The number of hydrogen-bond donors (Lipinski definition) is 1. The molecule has 4 aromatic rings. The molecule has 6 rings (SSSR count). The summed E-state index contributed by atoms with van der Waals surface area (Å²) in [6.07, 6.45) is -8.25. The van der Waals surface area contributed by atoms with Gasteiger partial charge in [-0.25, -0.2) is 8.78 Å². The van der Waals surface area contributed by atoms with Crippen LogP contribution in [-0.4, -0.2) is 66.6 Å². The maximum absolute atomic E-state index is 15.4. The first-order valence-electron chi connectivity index (χ1n) is 26.7. The number of rotatable bonds is 12. The SMILES string of the molecule is [2H]C1=C(SCc2c([2H])c([2H])c([2H])c(F)c2F)N(CC(=O)N(C2CCN(CC([2H])([2H])OC([2H])([2H])[2H])CC2)C([2H])([2H])c2c([2H])c([2H])c(-c3c([2H])c([2H])c(C(F)(F)F)c([2H])c3[2H])c([2H])c2[2H])c2c([2H])c([2H])c(C)c([2H])c2C1O. The van der Waals surface area contributed by atoms with Gasteiger partial charge >= 0.3 is 6.18 Å². The van der Waals surface area contributed by atoms with Crippen molar-refractivity contribution in [2.45, 2.75) is 50.3 Å². The first kappa shape index (κ1) is 19.4. The van der Waals surface area contributed by atoms with E-state index in [9.17, 15) is 25.4 Å². The Morgan fingerprint density at radius 3 is 2.42 bits per heavy atom. The highest BCUT2D eigenvalue weighted by Gasteiger charge is 2.33. The molecule has 1 fully saturated rings. The van der Waals surface area contributed by atoms with E-state index in [2.05, 4.69) is 4.74 Å². The second-order valence-corrected chi connectivity index (χ2v) is 12.6. The quantitative estimate of drug-likeness (QED) is 0.146. The number of alkyl halides is 3. The molecule has 53 heavy (non-hydrogen) atoms. The van der Waals surface area contributed by atoms with Crippen LogP contribution in [0, 0.1) is 18.6 Å². The normalized spacial score (nSPS) is 23.6. The van der Waals surface area contributed by atoms with Crippen molar-refractivity contribution in [2.24, 2.45) is 0 Å². The first-order chi connectivity index (χ1) is 34.3. The highest BCUT2D eigenvalue weighted by atomic mass is 32.2. The van der Waals surface area contributed by atoms with Gasteiger partial charge in [-0.3, -0.25) is 4.79 Å². The minimum Gasteiger partial charge on any atom is -0.384 e. The van der Waals surface area contributed by atoms with Crippen molar-refractivity contribution < 1.29 is 66.7 Å². The molecule has 0 spiro atoms. The van der Waals surface area contributed by atoms with E-state index in [0.717, 1.165) is 4.90 Å². The molecule has 4 aromatic carbocycles. The molecule has 0 bridgehead atoms. The lowest BCUT2D eigenvalue weighted by atomic mass is 9.99. The lowest BCUT2D eigenvalue weighted by Crippen LogP contribution is -2.50. The molecule has 12 heteroatoms.